The minimum atomic E-state index is -3.66. The Labute approximate surface area is 154 Å². The maximum atomic E-state index is 12.9. The van der Waals surface area contributed by atoms with Crippen molar-refractivity contribution in [2.24, 2.45) is 5.92 Å². The fraction of sp³-hybridized carbons (Fsp3) is 0.556. The van der Waals surface area contributed by atoms with Crippen molar-refractivity contribution in [2.45, 2.75) is 38.5 Å². The number of amides is 1. The quantitative estimate of drug-likeness (QED) is 0.782. The predicted molar refractivity (Wildman–Crippen MR) is 97.4 cm³/mol. The van der Waals surface area contributed by atoms with E-state index in [1.165, 1.54) is 13.1 Å². The third-order valence-electron chi connectivity index (χ3n) is 4.75. The van der Waals surface area contributed by atoms with Crippen molar-refractivity contribution in [3.63, 3.8) is 0 Å². The third kappa shape index (κ3) is 4.24. The Morgan fingerprint density at radius 3 is 2.62 bits per heavy atom. The van der Waals surface area contributed by atoms with E-state index < -0.39 is 10.0 Å². The molecule has 1 saturated heterocycles. The summed E-state index contributed by atoms with van der Waals surface area (Å²) in [6.07, 6.45) is 1.40. The molecule has 0 saturated carbocycles. The third-order valence-corrected chi connectivity index (χ3v) is 6.29. The number of nitrogens with one attached hydrogen (secondary N) is 1. The highest BCUT2D eigenvalue weighted by Crippen LogP contribution is 2.24. The summed E-state index contributed by atoms with van der Waals surface area (Å²) in [4.78, 5) is 26.6. The monoisotopic (exact) mass is 382 g/mol. The number of sulfonamides is 1. The lowest BCUT2D eigenvalue weighted by Crippen LogP contribution is -2.43. The van der Waals surface area contributed by atoms with E-state index in [4.69, 9.17) is 4.74 Å². The minimum Gasteiger partial charge on any atom is -0.466 e. The lowest BCUT2D eigenvalue weighted by atomic mass is 9.97. The summed E-state index contributed by atoms with van der Waals surface area (Å²) >= 11 is 0. The van der Waals surface area contributed by atoms with Crippen LogP contribution in [0.4, 0.5) is 0 Å². The molecule has 0 aliphatic carbocycles. The Morgan fingerprint density at radius 2 is 2.00 bits per heavy atom. The van der Waals surface area contributed by atoms with E-state index in [2.05, 4.69) is 4.72 Å². The average Bonchev–Trinajstić information content (AvgIpc) is 2.63. The molecule has 0 unspecified atom stereocenters. The van der Waals surface area contributed by atoms with E-state index in [0.717, 1.165) is 5.56 Å². The molecule has 144 valence electrons. The first-order chi connectivity index (χ1) is 12.2. The number of nitrogens with zero attached hydrogens (tertiary/aromatic N) is 1. The Hall–Kier alpha value is -1.93. The number of hydrogen-bond donors (Lipinski definition) is 1. The van der Waals surface area contributed by atoms with Crippen molar-refractivity contribution in [1.82, 2.24) is 9.62 Å². The summed E-state index contributed by atoms with van der Waals surface area (Å²) in [5, 5.41) is 0. The molecule has 0 bridgehead atoms. The lowest BCUT2D eigenvalue weighted by molar-refractivity contribution is -0.149. The van der Waals surface area contributed by atoms with Crippen molar-refractivity contribution in [2.75, 3.05) is 26.7 Å². The number of ether oxygens (including phenoxy) is 1. The van der Waals surface area contributed by atoms with Crippen LogP contribution in [0, 0.1) is 19.8 Å². The molecule has 1 aromatic rings. The summed E-state index contributed by atoms with van der Waals surface area (Å²) in [7, 11) is -2.32. The van der Waals surface area contributed by atoms with Gasteiger partial charge in [-0.3, -0.25) is 9.59 Å². The molecular formula is C18H26N2O5S. The van der Waals surface area contributed by atoms with Gasteiger partial charge in [-0.1, -0.05) is 0 Å². The van der Waals surface area contributed by atoms with Crippen LogP contribution < -0.4 is 4.72 Å². The Balaban J connectivity index is 2.31. The zero-order valence-corrected chi connectivity index (χ0v) is 16.5. The van der Waals surface area contributed by atoms with Gasteiger partial charge in [-0.25, -0.2) is 13.1 Å². The second kappa shape index (κ2) is 8.18. The number of benzene rings is 1. The first-order valence-electron chi connectivity index (χ1n) is 8.72. The van der Waals surface area contributed by atoms with Crippen LogP contribution in [0.15, 0.2) is 17.0 Å². The van der Waals surface area contributed by atoms with Crippen LogP contribution in [0.5, 0.6) is 0 Å². The molecule has 1 fully saturated rings. The predicted octanol–water partition coefficient (Wildman–Crippen LogP) is 1.63. The Morgan fingerprint density at radius 1 is 1.31 bits per heavy atom. The SMILES string of the molecule is CCOC(=O)[C@H]1CCCN(C(=O)c2cc(C)c(C)c(S(=O)(=O)NC)c2)C1. The molecule has 1 amide bonds. The zero-order chi connectivity index (χ0) is 19.5. The van der Waals surface area contributed by atoms with E-state index in [9.17, 15) is 18.0 Å². The topological polar surface area (TPSA) is 92.8 Å². The first-order valence-corrected chi connectivity index (χ1v) is 10.2. The summed E-state index contributed by atoms with van der Waals surface area (Å²) in [5.74, 6) is -0.891. The van der Waals surface area contributed by atoms with Crippen LogP contribution in [-0.4, -0.2) is 51.9 Å². The summed E-state index contributed by atoms with van der Waals surface area (Å²) in [6, 6.07) is 3.10. The Kier molecular flexibility index (Phi) is 6.41. The van der Waals surface area contributed by atoms with Crippen LogP contribution in [0.2, 0.25) is 0 Å². The first kappa shape index (κ1) is 20.4. The number of esters is 1. The number of rotatable bonds is 5. The molecule has 0 aromatic heterocycles. The molecule has 1 aliphatic rings. The molecular weight excluding hydrogens is 356 g/mol. The van der Waals surface area contributed by atoms with E-state index in [1.54, 1.807) is 31.7 Å². The molecule has 0 spiro atoms. The van der Waals surface area contributed by atoms with E-state index >= 15 is 0 Å². The molecule has 7 nitrogen and oxygen atoms in total. The smallest absolute Gasteiger partial charge is 0.310 e. The van der Waals surface area contributed by atoms with Gasteiger partial charge in [0.2, 0.25) is 10.0 Å². The fourth-order valence-corrected chi connectivity index (χ4v) is 4.20. The number of hydrogen-bond acceptors (Lipinski definition) is 5. The van der Waals surface area contributed by atoms with Crippen molar-refractivity contribution >= 4 is 21.9 Å². The largest absolute Gasteiger partial charge is 0.466 e. The number of aryl methyl sites for hydroxylation is 1. The van der Waals surface area contributed by atoms with Crippen molar-refractivity contribution in [1.29, 1.82) is 0 Å². The standard InChI is InChI=1S/C18H26N2O5S/c1-5-25-18(22)14-7-6-8-20(11-14)17(21)15-9-12(2)13(3)16(10-15)26(23,24)19-4/h9-10,14,19H,5-8,11H2,1-4H3/t14-/m0/s1. The van der Waals surface area contributed by atoms with Gasteiger partial charge in [0, 0.05) is 18.7 Å². The van der Waals surface area contributed by atoms with Gasteiger partial charge in [0.1, 0.15) is 0 Å². The highest BCUT2D eigenvalue weighted by Gasteiger charge is 2.30. The number of piperidine rings is 1. The maximum absolute atomic E-state index is 12.9. The van der Waals surface area contributed by atoms with Gasteiger partial charge in [-0.05, 0) is 63.9 Å². The van der Waals surface area contributed by atoms with E-state index in [-0.39, 0.29) is 22.7 Å². The Bertz CT molecular complexity index is 804. The van der Waals surface area contributed by atoms with Crippen LogP contribution >= 0.6 is 0 Å². The average molecular weight is 382 g/mol. The van der Waals surface area contributed by atoms with Gasteiger partial charge in [0.05, 0.1) is 17.4 Å². The molecule has 26 heavy (non-hydrogen) atoms. The zero-order valence-electron chi connectivity index (χ0n) is 15.7. The van der Waals surface area contributed by atoms with Crippen LogP contribution in [-0.2, 0) is 19.6 Å². The van der Waals surface area contributed by atoms with Gasteiger partial charge < -0.3 is 9.64 Å². The molecule has 1 N–H and O–H groups in total. The fourth-order valence-electron chi connectivity index (χ4n) is 3.14. The minimum absolute atomic E-state index is 0.0994. The van der Waals surface area contributed by atoms with Gasteiger partial charge in [0.25, 0.3) is 5.91 Å². The van der Waals surface area contributed by atoms with Crippen molar-refractivity contribution < 1.29 is 22.7 Å². The van der Waals surface area contributed by atoms with Gasteiger partial charge in [-0.15, -0.1) is 0 Å². The molecule has 8 heteroatoms. The molecule has 2 rings (SSSR count). The molecule has 1 heterocycles. The van der Waals surface area contributed by atoms with Gasteiger partial charge in [-0.2, -0.15) is 0 Å². The van der Waals surface area contributed by atoms with Gasteiger partial charge >= 0.3 is 5.97 Å². The van der Waals surface area contributed by atoms with Crippen LogP contribution in [0.3, 0.4) is 0 Å². The number of carbonyl (C=O) groups is 2. The summed E-state index contributed by atoms with van der Waals surface area (Å²) in [6.45, 7) is 6.38. The second-order valence-electron chi connectivity index (χ2n) is 6.47. The maximum Gasteiger partial charge on any atom is 0.310 e. The highest BCUT2D eigenvalue weighted by atomic mass is 32.2. The van der Waals surface area contributed by atoms with Gasteiger partial charge in [0.15, 0.2) is 0 Å². The summed E-state index contributed by atoms with van der Waals surface area (Å²) in [5.41, 5.74) is 1.65. The van der Waals surface area contributed by atoms with Crippen LogP contribution in [0.25, 0.3) is 0 Å². The van der Waals surface area contributed by atoms with Crippen molar-refractivity contribution in [3.05, 3.63) is 28.8 Å². The normalized spacial score (nSPS) is 17.8. The molecule has 1 aromatic carbocycles. The van der Waals surface area contributed by atoms with Crippen LogP contribution in [0.1, 0.15) is 41.3 Å². The number of likely N-dealkylation sites (tertiary alicyclic amines) is 1. The summed E-state index contributed by atoms with van der Waals surface area (Å²) < 4.78 is 31.8. The second-order valence-corrected chi connectivity index (χ2v) is 8.32. The number of carbonyl (C=O) groups excluding carboxylic acids is 2. The van der Waals surface area contributed by atoms with Crippen molar-refractivity contribution in [3.8, 4) is 0 Å². The molecule has 1 aliphatic heterocycles. The van der Waals surface area contributed by atoms with E-state index in [0.29, 0.717) is 43.7 Å². The molecule has 0 radical (unpaired) electrons. The molecule has 1 atom stereocenters. The highest BCUT2D eigenvalue weighted by molar-refractivity contribution is 7.89. The lowest BCUT2D eigenvalue weighted by Gasteiger charge is -2.31. The van der Waals surface area contributed by atoms with E-state index in [1.807, 2.05) is 0 Å².